The first kappa shape index (κ1) is 15.6. The molecule has 1 fully saturated rings. The van der Waals surface area contributed by atoms with Crippen LogP contribution in [0, 0.1) is 0 Å². The Labute approximate surface area is 127 Å². The third-order valence-electron chi connectivity index (χ3n) is 4.23. The van der Waals surface area contributed by atoms with Crippen molar-refractivity contribution in [2.45, 2.75) is 25.3 Å². The third-order valence-corrected chi connectivity index (χ3v) is 4.23. The van der Waals surface area contributed by atoms with Crippen molar-refractivity contribution in [3.05, 3.63) is 23.8 Å². The number of nitrogens with zero attached hydrogens (tertiary/aromatic N) is 2. The predicted molar refractivity (Wildman–Crippen MR) is 87.8 cm³/mol. The van der Waals surface area contributed by atoms with Crippen molar-refractivity contribution in [1.82, 2.24) is 10.2 Å². The summed E-state index contributed by atoms with van der Waals surface area (Å²) in [6.45, 7) is 1.86. The average Bonchev–Trinajstić information content (AvgIpc) is 2.84. The molecule has 1 atom stereocenters. The highest BCUT2D eigenvalue weighted by molar-refractivity contribution is 6.00. The molecule has 0 saturated carbocycles. The predicted octanol–water partition coefficient (Wildman–Crippen LogP) is 1.55. The van der Waals surface area contributed by atoms with Gasteiger partial charge in [-0.15, -0.1) is 0 Å². The summed E-state index contributed by atoms with van der Waals surface area (Å²) in [6.07, 6.45) is 3.48. The molecule has 1 unspecified atom stereocenters. The second kappa shape index (κ2) is 6.80. The van der Waals surface area contributed by atoms with Gasteiger partial charge in [0.2, 0.25) is 0 Å². The van der Waals surface area contributed by atoms with E-state index in [0.717, 1.165) is 18.7 Å². The zero-order valence-electron chi connectivity index (χ0n) is 13.2. The van der Waals surface area contributed by atoms with Gasteiger partial charge in [0.05, 0.1) is 5.56 Å². The molecule has 1 aliphatic rings. The maximum Gasteiger partial charge on any atom is 0.253 e. The quantitative estimate of drug-likeness (QED) is 0.808. The van der Waals surface area contributed by atoms with Gasteiger partial charge in [-0.3, -0.25) is 4.79 Å². The fraction of sp³-hybridized carbons (Fsp3) is 0.562. The summed E-state index contributed by atoms with van der Waals surface area (Å²) < 4.78 is 0. The lowest BCUT2D eigenvalue weighted by atomic mass is 10.1. The van der Waals surface area contributed by atoms with Crippen molar-refractivity contribution in [2.75, 3.05) is 44.9 Å². The molecule has 1 aromatic rings. The van der Waals surface area contributed by atoms with Gasteiger partial charge in [-0.2, -0.15) is 0 Å². The number of nitrogens with one attached hydrogen (secondary N) is 1. The normalized spacial score (nSPS) is 18.7. The first-order valence-corrected chi connectivity index (χ1v) is 7.54. The highest BCUT2D eigenvalue weighted by Crippen LogP contribution is 2.20. The summed E-state index contributed by atoms with van der Waals surface area (Å²) in [4.78, 5) is 16.6. The Morgan fingerprint density at radius 3 is 2.86 bits per heavy atom. The van der Waals surface area contributed by atoms with Gasteiger partial charge in [-0.05, 0) is 51.1 Å². The van der Waals surface area contributed by atoms with Gasteiger partial charge in [0, 0.05) is 38.1 Å². The van der Waals surface area contributed by atoms with Crippen molar-refractivity contribution < 1.29 is 4.79 Å². The minimum atomic E-state index is -0.0862. The molecule has 1 saturated heterocycles. The van der Waals surface area contributed by atoms with E-state index in [1.54, 1.807) is 6.07 Å². The molecule has 5 nitrogen and oxygen atoms in total. The smallest absolute Gasteiger partial charge is 0.253 e. The molecule has 21 heavy (non-hydrogen) atoms. The van der Waals surface area contributed by atoms with Gasteiger partial charge >= 0.3 is 0 Å². The highest BCUT2D eigenvalue weighted by Gasteiger charge is 2.20. The Kier molecular flexibility index (Phi) is 5.07. The zero-order chi connectivity index (χ0) is 15.4. The van der Waals surface area contributed by atoms with Crippen LogP contribution in [-0.4, -0.2) is 51.1 Å². The Bertz CT molecular complexity index is 501. The van der Waals surface area contributed by atoms with E-state index >= 15 is 0 Å². The average molecular weight is 290 g/mol. The largest absolute Gasteiger partial charge is 0.398 e. The molecule has 5 heteroatoms. The highest BCUT2D eigenvalue weighted by atomic mass is 16.1. The van der Waals surface area contributed by atoms with E-state index in [0.29, 0.717) is 23.8 Å². The number of carbonyl (C=O) groups excluding carboxylic acids is 1. The summed E-state index contributed by atoms with van der Waals surface area (Å²) in [7, 11) is 6.05. The van der Waals surface area contributed by atoms with Crippen LogP contribution in [-0.2, 0) is 0 Å². The van der Waals surface area contributed by atoms with Gasteiger partial charge in [0.1, 0.15) is 0 Å². The first-order chi connectivity index (χ1) is 9.99. The number of carbonyl (C=O) groups is 1. The van der Waals surface area contributed by atoms with E-state index in [-0.39, 0.29) is 5.91 Å². The molecule has 0 spiro atoms. The fourth-order valence-electron chi connectivity index (χ4n) is 2.81. The van der Waals surface area contributed by atoms with Crippen LogP contribution in [0.3, 0.4) is 0 Å². The monoisotopic (exact) mass is 290 g/mol. The Hall–Kier alpha value is -1.75. The molecule has 3 N–H and O–H groups in total. The van der Waals surface area contributed by atoms with Crippen molar-refractivity contribution in [2.24, 2.45) is 0 Å². The molecular formula is C16H26N4O. The van der Waals surface area contributed by atoms with E-state index in [1.807, 2.05) is 31.1 Å². The molecule has 0 aliphatic carbocycles. The number of hydrogen-bond donors (Lipinski definition) is 2. The van der Waals surface area contributed by atoms with Crippen LogP contribution in [0.15, 0.2) is 18.2 Å². The molecule has 1 amide bonds. The minimum Gasteiger partial charge on any atom is -0.398 e. The van der Waals surface area contributed by atoms with Gasteiger partial charge < -0.3 is 20.9 Å². The lowest BCUT2D eigenvalue weighted by Crippen LogP contribution is -2.32. The zero-order valence-corrected chi connectivity index (χ0v) is 13.2. The molecule has 1 aliphatic heterocycles. The van der Waals surface area contributed by atoms with Crippen LogP contribution >= 0.6 is 0 Å². The van der Waals surface area contributed by atoms with Gasteiger partial charge in [-0.25, -0.2) is 0 Å². The van der Waals surface area contributed by atoms with E-state index in [4.69, 9.17) is 5.73 Å². The molecule has 0 bridgehead atoms. The van der Waals surface area contributed by atoms with Crippen LogP contribution in [0.4, 0.5) is 11.4 Å². The van der Waals surface area contributed by atoms with Crippen molar-refractivity contribution in [3.8, 4) is 0 Å². The van der Waals surface area contributed by atoms with Gasteiger partial charge in [0.25, 0.3) is 5.91 Å². The van der Waals surface area contributed by atoms with Crippen molar-refractivity contribution in [1.29, 1.82) is 0 Å². The van der Waals surface area contributed by atoms with Gasteiger partial charge in [0.15, 0.2) is 0 Å². The Morgan fingerprint density at radius 1 is 1.48 bits per heavy atom. The summed E-state index contributed by atoms with van der Waals surface area (Å²) in [5.41, 5.74) is 7.98. The van der Waals surface area contributed by atoms with E-state index in [2.05, 4.69) is 17.3 Å². The van der Waals surface area contributed by atoms with E-state index in [1.165, 1.54) is 12.8 Å². The number of amides is 1. The number of nitrogen functional groups attached to an aromatic ring is 1. The molecule has 1 aromatic carbocycles. The van der Waals surface area contributed by atoms with E-state index < -0.39 is 0 Å². The summed E-state index contributed by atoms with van der Waals surface area (Å²) in [5.74, 6) is -0.0862. The molecule has 0 radical (unpaired) electrons. The maximum absolute atomic E-state index is 12.3. The number of anilines is 2. The lowest BCUT2D eigenvalue weighted by Gasteiger charge is -2.19. The van der Waals surface area contributed by atoms with Crippen LogP contribution in [0.25, 0.3) is 0 Å². The minimum absolute atomic E-state index is 0.0862. The standard InChI is InChI=1S/C16H26N4O/c1-19(2)13-6-7-15(17)14(11-13)16(21)18-9-8-12-5-4-10-20(12)3/h6-7,11-12H,4-5,8-10,17H2,1-3H3,(H,18,21). The van der Waals surface area contributed by atoms with Crippen molar-refractivity contribution >= 4 is 17.3 Å². The number of benzene rings is 1. The van der Waals surface area contributed by atoms with Crippen LogP contribution in [0.5, 0.6) is 0 Å². The Balaban J connectivity index is 1.92. The number of nitrogens with two attached hydrogens (primary N) is 1. The second-order valence-corrected chi connectivity index (χ2v) is 5.99. The van der Waals surface area contributed by atoms with E-state index in [9.17, 15) is 4.79 Å². The Morgan fingerprint density at radius 2 is 2.24 bits per heavy atom. The lowest BCUT2D eigenvalue weighted by molar-refractivity contribution is 0.0951. The topological polar surface area (TPSA) is 61.6 Å². The molecular weight excluding hydrogens is 264 g/mol. The van der Waals surface area contributed by atoms with Gasteiger partial charge in [-0.1, -0.05) is 0 Å². The molecule has 1 heterocycles. The third kappa shape index (κ3) is 3.88. The number of hydrogen-bond acceptors (Lipinski definition) is 4. The molecule has 2 rings (SSSR count). The summed E-state index contributed by atoms with van der Waals surface area (Å²) >= 11 is 0. The SMILES string of the molecule is CN(C)c1ccc(N)c(C(=O)NCCC2CCCN2C)c1. The summed E-state index contributed by atoms with van der Waals surface area (Å²) in [5, 5.41) is 2.99. The summed E-state index contributed by atoms with van der Waals surface area (Å²) in [6, 6.07) is 6.14. The van der Waals surface area contributed by atoms with Crippen LogP contribution < -0.4 is 16.0 Å². The van der Waals surface area contributed by atoms with Crippen LogP contribution in [0.2, 0.25) is 0 Å². The first-order valence-electron chi connectivity index (χ1n) is 7.54. The molecule has 0 aromatic heterocycles. The second-order valence-electron chi connectivity index (χ2n) is 5.99. The number of likely N-dealkylation sites (tertiary alicyclic amines) is 1. The maximum atomic E-state index is 12.3. The molecule has 116 valence electrons. The fourth-order valence-corrected chi connectivity index (χ4v) is 2.81. The van der Waals surface area contributed by atoms with Crippen LogP contribution in [0.1, 0.15) is 29.6 Å². The number of rotatable bonds is 5. The van der Waals surface area contributed by atoms with Crippen molar-refractivity contribution in [3.63, 3.8) is 0 Å².